The van der Waals surface area contributed by atoms with Crippen LogP contribution in [0.25, 0.3) is 0 Å². The highest BCUT2D eigenvalue weighted by Gasteiger charge is 2.16. The van der Waals surface area contributed by atoms with Gasteiger partial charge >= 0.3 is 6.61 Å². The maximum atomic E-state index is 12.6. The summed E-state index contributed by atoms with van der Waals surface area (Å²) in [5.41, 5.74) is 2.17. The van der Waals surface area contributed by atoms with Gasteiger partial charge in [0.05, 0.1) is 5.69 Å². The fourth-order valence-electron chi connectivity index (χ4n) is 2.90. The van der Waals surface area contributed by atoms with Crippen molar-refractivity contribution >= 4 is 11.6 Å². The predicted molar refractivity (Wildman–Crippen MR) is 109 cm³/mol. The number of rotatable bonds is 9. The number of hydrogen-bond acceptors (Lipinski definition) is 4. The molecular weight excluding hydrogens is 392 g/mol. The molecule has 0 spiro atoms. The van der Waals surface area contributed by atoms with Gasteiger partial charge in [0, 0.05) is 0 Å². The van der Waals surface area contributed by atoms with Gasteiger partial charge in [-0.1, -0.05) is 31.5 Å². The molecule has 0 bridgehead atoms. The lowest BCUT2D eigenvalue weighted by atomic mass is 10.1. The van der Waals surface area contributed by atoms with E-state index < -0.39 is 12.5 Å². The third-order valence-corrected chi connectivity index (χ3v) is 4.33. The highest BCUT2D eigenvalue weighted by atomic mass is 19.3. The highest BCUT2D eigenvalue weighted by molar-refractivity contribution is 6.03. The molecule has 5 nitrogen and oxygen atoms in total. The van der Waals surface area contributed by atoms with Gasteiger partial charge in [-0.2, -0.15) is 8.78 Å². The third-order valence-electron chi connectivity index (χ3n) is 4.33. The highest BCUT2D eigenvalue weighted by Crippen LogP contribution is 2.28. The third kappa shape index (κ3) is 5.83. The second kappa shape index (κ2) is 9.91. The van der Waals surface area contributed by atoms with Gasteiger partial charge in [0.1, 0.15) is 23.9 Å². The zero-order valence-corrected chi connectivity index (χ0v) is 16.8. The number of nitrogens with one attached hydrogen (secondary N) is 1. The van der Waals surface area contributed by atoms with E-state index in [1.165, 1.54) is 17.7 Å². The van der Waals surface area contributed by atoms with Crippen LogP contribution in [-0.4, -0.2) is 12.5 Å². The average Bonchev–Trinajstić information content (AvgIpc) is 3.19. The molecule has 2 aromatic carbocycles. The molecule has 3 aromatic rings. The van der Waals surface area contributed by atoms with E-state index in [4.69, 9.17) is 9.15 Å². The van der Waals surface area contributed by atoms with Crippen LogP contribution < -0.4 is 14.8 Å². The molecule has 158 valence electrons. The van der Waals surface area contributed by atoms with Crippen LogP contribution in [-0.2, 0) is 13.0 Å². The van der Waals surface area contributed by atoms with Crippen molar-refractivity contribution in [3.05, 3.63) is 77.2 Å². The van der Waals surface area contributed by atoms with Crippen molar-refractivity contribution in [3.8, 4) is 11.5 Å². The number of ether oxygens (including phenoxy) is 2. The molecule has 1 N–H and O–H groups in total. The fraction of sp³-hybridized carbons (Fsp3) is 0.261. The van der Waals surface area contributed by atoms with Crippen LogP contribution >= 0.6 is 0 Å². The van der Waals surface area contributed by atoms with Crippen molar-refractivity contribution < 1.29 is 27.5 Å². The van der Waals surface area contributed by atoms with Crippen LogP contribution in [0, 0.1) is 6.92 Å². The Bertz CT molecular complexity index is 983. The molecule has 0 aliphatic carbocycles. The monoisotopic (exact) mass is 415 g/mol. The van der Waals surface area contributed by atoms with E-state index in [1.807, 2.05) is 24.3 Å². The van der Waals surface area contributed by atoms with Crippen molar-refractivity contribution in [2.45, 2.75) is 39.9 Å². The molecule has 0 aliphatic rings. The van der Waals surface area contributed by atoms with Crippen molar-refractivity contribution in [2.75, 3.05) is 5.32 Å². The molecule has 0 saturated carbocycles. The van der Waals surface area contributed by atoms with E-state index in [-0.39, 0.29) is 23.8 Å². The summed E-state index contributed by atoms with van der Waals surface area (Å²) < 4.78 is 40.8. The minimum absolute atomic E-state index is 0.0383. The van der Waals surface area contributed by atoms with Gasteiger partial charge in [0.2, 0.25) is 0 Å². The summed E-state index contributed by atoms with van der Waals surface area (Å²) >= 11 is 0. The van der Waals surface area contributed by atoms with Gasteiger partial charge in [-0.15, -0.1) is 0 Å². The summed E-state index contributed by atoms with van der Waals surface area (Å²) in [5.74, 6) is 0.508. The number of carbonyl (C=O) groups is 1. The molecule has 3 rings (SSSR count). The Morgan fingerprint density at radius 3 is 2.57 bits per heavy atom. The molecule has 0 radical (unpaired) electrons. The molecule has 30 heavy (non-hydrogen) atoms. The molecule has 1 aromatic heterocycles. The smallest absolute Gasteiger partial charge is 0.387 e. The molecule has 0 fully saturated rings. The zero-order valence-electron chi connectivity index (χ0n) is 16.8. The molecule has 0 saturated heterocycles. The number of furan rings is 1. The summed E-state index contributed by atoms with van der Waals surface area (Å²) in [6.45, 7) is 1.07. The minimum atomic E-state index is -2.99. The van der Waals surface area contributed by atoms with Crippen LogP contribution in [0.1, 0.15) is 40.8 Å². The first-order valence-electron chi connectivity index (χ1n) is 9.62. The number of carbonyl (C=O) groups excluding carboxylic acids is 1. The quantitative estimate of drug-likeness (QED) is 0.467. The van der Waals surface area contributed by atoms with Crippen LogP contribution in [0.2, 0.25) is 0 Å². The number of hydrogen-bond donors (Lipinski definition) is 1. The maximum Gasteiger partial charge on any atom is 0.387 e. The van der Waals surface area contributed by atoms with Gasteiger partial charge in [-0.3, -0.25) is 4.79 Å². The topological polar surface area (TPSA) is 60.7 Å². The second-order valence-electron chi connectivity index (χ2n) is 6.78. The Kier molecular flexibility index (Phi) is 7.06. The Labute approximate surface area is 173 Å². The van der Waals surface area contributed by atoms with Crippen LogP contribution in [0.4, 0.5) is 14.5 Å². The molecule has 0 atom stereocenters. The molecular formula is C23H23F2NO4. The maximum absolute atomic E-state index is 12.6. The van der Waals surface area contributed by atoms with E-state index in [2.05, 4.69) is 17.0 Å². The number of halogens is 2. The van der Waals surface area contributed by atoms with Crippen molar-refractivity contribution in [3.63, 3.8) is 0 Å². The van der Waals surface area contributed by atoms with E-state index in [0.29, 0.717) is 11.5 Å². The summed E-state index contributed by atoms with van der Waals surface area (Å²) in [6, 6.07) is 15.5. The van der Waals surface area contributed by atoms with Gasteiger partial charge in [-0.05, 0) is 60.9 Å². The molecule has 1 heterocycles. The lowest BCUT2D eigenvalue weighted by molar-refractivity contribution is -0.0493. The predicted octanol–water partition coefficient (Wildman–Crippen LogP) is 5.97. The lowest BCUT2D eigenvalue weighted by Crippen LogP contribution is -2.13. The summed E-state index contributed by atoms with van der Waals surface area (Å²) in [4.78, 5) is 12.5. The fourth-order valence-corrected chi connectivity index (χ4v) is 2.90. The van der Waals surface area contributed by atoms with Gasteiger partial charge in [0.25, 0.3) is 5.91 Å². The van der Waals surface area contributed by atoms with Crippen LogP contribution in [0.15, 0.2) is 59.0 Å². The van der Waals surface area contributed by atoms with E-state index in [9.17, 15) is 13.6 Å². The number of amides is 1. The van der Waals surface area contributed by atoms with E-state index in [0.717, 1.165) is 18.4 Å². The van der Waals surface area contributed by atoms with Gasteiger partial charge in [-0.25, -0.2) is 0 Å². The van der Waals surface area contributed by atoms with Gasteiger partial charge in [0.15, 0.2) is 5.76 Å². The van der Waals surface area contributed by atoms with Crippen molar-refractivity contribution in [1.29, 1.82) is 0 Å². The summed E-state index contributed by atoms with van der Waals surface area (Å²) in [7, 11) is 0. The first kappa shape index (κ1) is 21.4. The number of benzene rings is 2. The summed E-state index contributed by atoms with van der Waals surface area (Å²) in [5, 5.41) is 2.55. The Morgan fingerprint density at radius 2 is 1.87 bits per heavy atom. The van der Waals surface area contributed by atoms with Crippen LogP contribution in [0.3, 0.4) is 0 Å². The SMILES string of the molecule is CCCc1ccc(OCc2ccc(C(=O)Nc3cc(C)ccc3OC(F)F)o2)cc1. The Hall–Kier alpha value is -3.35. The second-order valence-corrected chi connectivity index (χ2v) is 6.78. The van der Waals surface area contributed by atoms with E-state index >= 15 is 0 Å². The number of aryl methyl sites for hydroxylation is 2. The zero-order chi connectivity index (χ0) is 21.5. The van der Waals surface area contributed by atoms with Crippen molar-refractivity contribution in [1.82, 2.24) is 0 Å². The Morgan fingerprint density at radius 1 is 1.10 bits per heavy atom. The lowest BCUT2D eigenvalue weighted by Gasteiger charge is -2.12. The number of alkyl halides is 2. The normalized spacial score (nSPS) is 10.8. The van der Waals surface area contributed by atoms with Crippen molar-refractivity contribution in [2.24, 2.45) is 0 Å². The Balaban J connectivity index is 1.62. The minimum Gasteiger partial charge on any atom is -0.486 e. The average molecular weight is 415 g/mol. The first-order chi connectivity index (χ1) is 14.4. The van der Waals surface area contributed by atoms with Crippen LogP contribution in [0.5, 0.6) is 11.5 Å². The summed E-state index contributed by atoms with van der Waals surface area (Å²) in [6.07, 6.45) is 2.09. The van der Waals surface area contributed by atoms with Gasteiger partial charge < -0.3 is 19.2 Å². The molecule has 0 unspecified atom stereocenters. The van der Waals surface area contributed by atoms with E-state index in [1.54, 1.807) is 25.1 Å². The largest absolute Gasteiger partial charge is 0.486 e. The molecule has 7 heteroatoms. The first-order valence-corrected chi connectivity index (χ1v) is 9.62. The molecule has 0 aliphatic heterocycles. The number of anilines is 1. The standard InChI is InChI=1S/C23H23F2NO4/c1-3-4-16-6-8-17(9-7-16)28-14-18-10-12-21(29-18)22(27)26-19-13-15(2)5-11-20(19)30-23(24)25/h5-13,23H,3-4,14H2,1-2H3,(H,26,27). The molecule has 1 amide bonds.